The van der Waals surface area contributed by atoms with Crippen LogP contribution < -0.4 is 10.6 Å². The van der Waals surface area contributed by atoms with E-state index in [-0.39, 0.29) is 5.82 Å². The molecule has 0 fully saturated rings. The minimum Gasteiger partial charge on any atom is -0.352 e. The van der Waals surface area contributed by atoms with Gasteiger partial charge in [-0.05, 0) is 60.0 Å². The Kier molecular flexibility index (Phi) is 4.95. The highest BCUT2D eigenvalue weighted by atomic mass is 19.1. The molecule has 4 aromatic heterocycles. The maximum absolute atomic E-state index is 13.8. The molecule has 1 aromatic carbocycles. The number of rotatable bonds is 4. The number of H-pyrrole nitrogens is 2. The number of benzene rings is 1. The van der Waals surface area contributed by atoms with E-state index >= 15 is 0 Å². The van der Waals surface area contributed by atoms with Gasteiger partial charge in [-0.15, -0.1) is 0 Å². The van der Waals surface area contributed by atoms with E-state index in [1.165, 1.54) is 12.1 Å². The van der Waals surface area contributed by atoms with Crippen molar-refractivity contribution in [2.24, 2.45) is 0 Å². The number of aromatic amines is 2. The first-order valence-corrected chi connectivity index (χ1v) is 10.2. The van der Waals surface area contributed by atoms with Crippen LogP contribution >= 0.6 is 0 Å². The Morgan fingerprint density at radius 3 is 2.69 bits per heavy atom. The van der Waals surface area contributed by atoms with Crippen LogP contribution in [0, 0.1) is 5.82 Å². The van der Waals surface area contributed by atoms with Crippen LogP contribution in [-0.4, -0.2) is 25.1 Å². The monoisotopic (exact) mass is 421 g/mol. The molecular weight excluding hydrogens is 401 g/mol. The number of pyridine rings is 2. The minimum atomic E-state index is -0.281. The third kappa shape index (κ3) is 3.52. The van der Waals surface area contributed by atoms with Crippen LogP contribution in [0.5, 0.6) is 0 Å². The van der Waals surface area contributed by atoms with E-state index in [1.54, 1.807) is 30.9 Å². The Morgan fingerprint density at radius 2 is 1.91 bits per heavy atom. The Balaban J connectivity index is 1.67. The van der Waals surface area contributed by atoms with E-state index in [9.17, 15) is 4.39 Å². The largest absolute Gasteiger partial charge is 0.352 e. The number of fused-ring (bicyclic) bond motifs is 1. The van der Waals surface area contributed by atoms with Gasteiger partial charge < -0.3 is 4.98 Å². The molecule has 0 amide bonds. The SMILES string of the molecule is C=c1[nH]nc(-c2cc3c(-c4cccc(F)c4)cncc3[nH]2)/c1=C/C(=C\C)c1ccncc1. The Labute approximate surface area is 183 Å². The zero-order valence-electron chi connectivity index (χ0n) is 17.4. The summed E-state index contributed by atoms with van der Waals surface area (Å²) in [6.45, 7) is 6.11. The zero-order chi connectivity index (χ0) is 22.1. The van der Waals surface area contributed by atoms with Crippen LogP contribution in [0.15, 0.2) is 73.3 Å². The van der Waals surface area contributed by atoms with Crippen LogP contribution in [0.3, 0.4) is 0 Å². The van der Waals surface area contributed by atoms with Crippen molar-refractivity contribution < 1.29 is 4.39 Å². The number of nitrogens with zero attached hydrogens (tertiary/aromatic N) is 3. The molecule has 5 aromatic rings. The van der Waals surface area contributed by atoms with Crippen LogP contribution in [0.1, 0.15) is 12.5 Å². The van der Waals surface area contributed by atoms with Gasteiger partial charge in [-0.25, -0.2) is 4.39 Å². The Bertz CT molecular complexity index is 1560. The summed E-state index contributed by atoms with van der Waals surface area (Å²) < 4.78 is 13.8. The summed E-state index contributed by atoms with van der Waals surface area (Å²) in [5.41, 5.74) is 6.15. The molecule has 4 heterocycles. The van der Waals surface area contributed by atoms with Gasteiger partial charge in [-0.3, -0.25) is 15.1 Å². The number of nitrogens with one attached hydrogen (secondary N) is 2. The fourth-order valence-electron chi connectivity index (χ4n) is 3.85. The van der Waals surface area contributed by atoms with Gasteiger partial charge >= 0.3 is 0 Å². The van der Waals surface area contributed by atoms with E-state index in [0.717, 1.165) is 55.1 Å². The topological polar surface area (TPSA) is 70.2 Å². The third-order valence-electron chi connectivity index (χ3n) is 5.44. The highest BCUT2D eigenvalue weighted by Crippen LogP contribution is 2.30. The summed E-state index contributed by atoms with van der Waals surface area (Å²) in [6, 6.07) is 12.5. The molecule has 156 valence electrons. The molecule has 5 rings (SSSR count). The smallest absolute Gasteiger partial charge is 0.123 e. The van der Waals surface area contributed by atoms with Crippen LogP contribution in [0.25, 0.3) is 51.6 Å². The molecule has 0 aliphatic carbocycles. The fourth-order valence-corrected chi connectivity index (χ4v) is 3.85. The number of aromatic nitrogens is 5. The molecule has 6 heteroatoms. The lowest BCUT2D eigenvalue weighted by molar-refractivity contribution is 0.628. The van der Waals surface area contributed by atoms with Crippen molar-refractivity contribution in [2.75, 3.05) is 0 Å². The predicted octanol–water partition coefficient (Wildman–Crippen LogP) is 4.45. The summed E-state index contributed by atoms with van der Waals surface area (Å²) in [5.74, 6) is -0.281. The van der Waals surface area contributed by atoms with E-state index in [1.807, 2.05) is 37.3 Å². The van der Waals surface area contributed by atoms with Gasteiger partial charge in [-0.1, -0.05) is 24.8 Å². The summed E-state index contributed by atoms with van der Waals surface area (Å²) >= 11 is 0. The second-order valence-corrected chi connectivity index (χ2v) is 7.43. The quantitative estimate of drug-likeness (QED) is 0.450. The van der Waals surface area contributed by atoms with Crippen LogP contribution in [0.4, 0.5) is 4.39 Å². The number of hydrogen-bond donors (Lipinski definition) is 2. The average molecular weight is 421 g/mol. The molecule has 0 bridgehead atoms. The second-order valence-electron chi connectivity index (χ2n) is 7.43. The van der Waals surface area contributed by atoms with Crippen molar-refractivity contribution in [3.8, 4) is 22.5 Å². The summed E-state index contributed by atoms with van der Waals surface area (Å²) in [5, 5.41) is 10.1. The maximum Gasteiger partial charge on any atom is 0.123 e. The molecule has 0 saturated carbocycles. The molecule has 2 N–H and O–H groups in total. The summed E-state index contributed by atoms with van der Waals surface area (Å²) in [4.78, 5) is 11.8. The van der Waals surface area contributed by atoms with Crippen molar-refractivity contribution in [1.82, 2.24) is 25.1 Å². The fraction of sp³-hybridized carbons (Fsp3) is 0.0385. The van der Waals surface area contributed by atoms with E-state index in [4.69, 9.17) is 0 Å². The molecule has 32 heavy (non-hydrogen) atoms. The van der Waals surface area contributed by atoms with Crippen molar-refractivity contribution in [3.63, 3.8) is 0 Å². The first kappa shape index (κ1) is 19.6. The maximum atomic E-state index is 13.8. The second kappa shape index (κ2) is 8.07. The molecule has 5 nitrogen and oxygen atoms in total. The molecule has 0 radical (unpaired) electrons. The zero-order valence-corrected chi connectivity index (χ0v) is 17.4. The van der Waals surface area contributed by atoms with Crippen molar-refractivity contribution in [2.45, 2.75) is 6.92 Å². The molecule has 0 spiro atoms. The molecule has 0 saturated heterocycles. The highest BCUT2D eigenvalue weighted by Gasteiger charge is 2.13. The van der Waals surface area contributed by atoms with Crippen LogP contribution in [-0.2, 0) is 0 Å². The summed E-state index contributed by atoms with van der Waals surface area (Å²) in [7, 11) is 0. The van der Waals surface area contributed by atoms with Gasteiger partial charge in [0.15, 0.2) is 0 Å². The van der Waals surface area contributed by atoms with Gasteiger partial charge in [0.05, 0.1) is 22.8 Å². The van der Waals surface area contributed by atoms with Crippen LogP contribution in [0.2, 0.25) is 0 Å². The number of halogens is 1. The lowest BCUT2D eigenvalue weighted by atomic mass is 10.0. The van der Waals surface area contributed by atoms with E-state index in [0.29, 0.717) is 0 Å². The standard InChI is InChI=1S/C26H20FN5/c1-3-17(18-7-9-28-10-8-18)12-21-16(2)31-32-26(21)24-13-22-23(14-29-15-25(22)30-24)19-5-4-6-20(27)11-19/h3-15,30-31H,2H2,1H3/b17-3+,21-12+. The number of hydrogen-bond acceptors (Lipinski definition) is 3. The van der Waals surface area contributed by atoms with E-state index < -0.39 is 0 Å². The summed E-state index contributed by atoms with van der Waals surface area (Å²) in [6.07, 6.45) is 11.2. The van der Waals surface area contributed by atoms with Gasteiger partial charge in [0.2, 0.25) is 0 Å². The minimum absolute atomic E-state index is 0.281. The molecule has 0 aliphatic heterocycles. The van der Waals surface area contributed by atoms with Gasteiger partial charge in [0.1, 0.15) is 11.5 Å². The van der Waals surface area contributed by atoms with E-state index in [2.05, 4.69) is 37.8 Å². The van der Waals surface area contributed by atoms with Crippen molar-refractivity contribution in [3.05, 3.63) is 95.3 Å². The lowest BCUT2D eigenvalue weighted by Gasteiger charge is -2.02. The third-order valence-corrected chi connectivity index (χ3v) is 5.44. The molecule has 0 atom stereocenters. The highest BCUT2D eigenvalue weighted by molar-refractivity contribution is 5.97. The van der Waals surface area contributed by atoms with Crippen molar-refractivity contribution >= 4 is 29.1 Å². The first-order chi connectivity index (χ1) is 15.6. The number of allylic oxidation sites excluding steroid dienone is 2. The van der Waals surface area contributed by atoms with Gasteiger partial charge in [0, 0.05) is 34.8 Å². The molecule has 0 aliphatic rings. The molecule has 0 unspecified atom stereocenters. The average Bonchev–Trinajstić information content (AvgIpc) is 3.41. The first-order valence-electron chi connectivity index (χ1n) is 10.2. The Morgan fingerprint density at radius 1 is 1.06 bits per heavy atom. The Hall–Kier alpha value is -4.32. The van der Waals surface area contributed by atoms with Gasteiger partial charge in [0.25, 0.3) is 0 Å². The predicted molar refractivity (Wildman–Crippen MR) is 126 cm³/mol. The molecular formula is C26H20FN5. The normalized spacial score (nSPS) is 12.6. The lowest BCUT2D eigenvalue weighted by Crippen LogP contribution is -2.22. The van der Waals surface area contributed by atoms with Gasteiger partial charge in [-0.2, -0.15) is 5.10 Å². The van der Waals surface area contributed by atoms with Crippen molar-refractivity contribution in [1.29, 1.82) is 0 Å².